The van der Waals surface area contributed by atoms with Gasteiger partial charge in [0.15, 0.2) is 0 Å². The molecule has 0 saturated heterocycles. The van der Waals surface area contributed by atoms with E-state index in [-0.39, 0.29) is 0 Å². The van der Waals surface area contributed by atoms with E-state index in [2.05, 4.69) is 40.5 Å². The maximum absolute atomic E-state index is 5.74. The summed E-state index contributed by atoms with van der Waals surface area (Å²) in [4.78, 5) is 10.5. The highest BCUT2D eigenvalue weighted by Crippen LogP contribution is 2.24. The van der Waals surface area contributed by atoms with Crippen molar-refractivity contribution in [2.75, 3.05) is 26.4 Å². The molecular weight excluding hydrogens is 238 g/mol. The molecule has 0 aliphatic rings. The van der Waals surface area contributed by atoms with Crippen LogP contribution in [0.4, 0.5) is 5.82 Å². The molecule has 1 unspecified atom stereocenters. The van der Waals surface area contributed by atoms with Crippen LogP contribution < -0.4 is 5.73 Å². The van der Waals surface area contributed by atoms with Crippen molar-refractivity contribution >= 4 is 5.82 Å². The first-order valence-electron chi connectivity index (χ1n) is 6.46. The molecular formula is C14H21N5. The van der Waals surface area contributed by atoms with Crippen LogP contribution in [0.25, 0.3) is 11.3 Å². The lowest BCUT2D eigenvalue weighted by atomic mass is 10.1. The van der Waals surface area contributed by atoms with Crippen LogP contribution in [0.1, 0.15) is 19.4 Å². The number of pyridine rings is 1. The summed E-state index contributed by atoms with van der Waals surface area (Å²) in [7, 11) is 4.18. The number of imidazole rings is 1. The minimum Gasteiger partial charge on any atom is -0.384 e. The molecule has 5 nitrogen and oxygen atoms in total. The monoisotopic (exact) mass is 259 g/mol. The lowest BCUT2D eigenvalue weighted by Gasteiger charge is -2.19. The van der Waals surface area contributed by atoms with E-state index in [9.17, 15) is 0 Å². The average Bonchev–Trinajstić information content (AvgIpc) is 2.85. The quantitative estimate of drug-likeness (QED) is 0.892. The molecule has 102 valence electrons. The number of aromatic nitrogens is 3. The van der Waals surface area contributed by atoms with E-state index in [1.54, 1.807) is 6.20 Å². The molecule has 0 spiro atoms. The van der Waals surface area contributed by atoms with Crippen molar-refractivity contribution in [1.29, 1.82) is 0 Å². The maximum atomic E-state index is 5.74. The fraction of sp³-hybridized carbons (Fsp3) is 0.429. The van der Waals surface area contributed by atoms with Gasteiger partial charge >= 0.3 is 0 Å². The summed E-state index contributed by atoms with van der Waals surface area (Å²) in [5, 5.41) is 0. The third-order valence-electron chi connectivity index (χ3n) is 3.21. The van der Waals surface area contributed by atoms with Crippen LogP contribution in [0.2, 0.25) is 0 Å². The lowest BCUT2D eigenvalue weighted by Crippen LogP contribution is -2.17. The minimum atomic E-state index is 0.397. The normalized spacial score (nSPS) is 12.8. The van der Waals surface area contributed by atoms with Gasteiger partial charge in [-0.05, 0) is 46.1 Å². The van der Waals surface area contributed by atoms with Crippen molar-refractivity contribution in [2.24, 2.45) is 0 Å². The van der Waals surface area contributed by atoms with Crippen LogP contribution >= 0.6 is 0 Å². The van der Waals surface area contributed by atoms with Gasteiger partial charge in [0.1, 0.15) is 5.82 Å². The lowest BCUT2D eigenvalue weighted by molar-refractivity contribution is 0.359. The molecule has 1 atom stereocenters. The molecule has 0 aliphatic heterocycles. The van der Waals surface area contributed by atoms with Crippen molar-refractivity contribution in [3.05, 3.63) is 30.9 Å². The van der Waals surface area contributed by atoms with E-state index in [1.807, 2.05) is 24.7 Å². The Bertz CT molecular complexity index is 532. The Morgan fingerprint density at radius 2 is 2.21 bits per heavy atom. The molecule has 0 radical (unpaired) electrons. The zero-order valence-electron chi connectivity index (χ0n) is 11.7. The second-order valence-electron chi connectivity index (χ2n) is 5.10. The minimum absolute atomic E-state index is 0.397. The van der Waals surface area contributed by atoms with Gasteiger partial charge in [-0.2, -0.15) is 0 Å². The number of nitrogens with two attached hydrogens (primary N) is 1. The van der Waals surface area contributed by atoms with E-state index < -0.39 is 0 Å². The van der Waals surface area contributed by atoms with E-state index >= 15 is 0 Å². The summed E-state index contributed by atoms with van der Waals surface area (Å²) in [6.45, 7) is 3.26. The van der Waals surface area contributed by atoms with E-state index in [0.29, 0.717) is 11.9 Å². The highest BCUT2D eigenvalue weighted by atomic mass is 15.1. The second kappa shape index (κ2) is 5.84. The van der Waals surface area contributed by atoms with Gasteiger partial charge in [0, 0.05) is 17.8 Å². The molecule has 0 saturated carbocycles. The molecule has 0 fully saturated rings. The Morgan fingerprint density at radius 1 is 1.42 bits per heavy atom. The highest BCUT2D eigenvalue weighted by molar-refractivity contribution is 5.61. The topological polar surface area (TPSA) is 60.0 Å². The molecule has 5 heteroatoms. The Labute approximate surface area is 114 Å². The van der Waals surface area contributed by atoms with Crippen molar-refractivity contribution in [1.82, 2.24) is 19.4 Å². The van der Waals surface area contributed by atoms with Crippen LogP contribution in [-0.2, 0) is 0 Å². The van der Waals surface area contributed by atoms with Crippen LogP contribution in [-0.4, -0.2) is 40.1 Å². The van der Waals surface area contributed by atoms with Gasteiger partial charge < -0.3 is 15.2 Å². The Balaban J connectivity index is 2.22. The molecule has 2 N–H and O–H groups in total. The highest BCUT2D eigenvalue weighted by Gasteiger charge is 2.11. The molecule has 0 aromatic carbocycles. The molecule has 0 amide bonds. The molecule has 19 heavy (non-hydrogen) atoms. The zero-order valence-corrected chi connectivity index (χ0v) is 11.7. The number of nitrogens with zero attached hydrogens (tertiary/aromatic N) is 4. The average molecular weight is 259 g/mol. The molecule has 2 heterocycles. The summed E-state index contributed by atoms with van der Waals surface area (Å²) >= 11 is 0. The number of nitrogen functional groups attached to an aromatic ring is 1. The predicted molar refractivity (Wildman–Crippen MR) is 77.8 cm³/mol. The smallest absolute Gasteiger partial charge is 0.123 e. The van der Waals surface area contributed by atoms with Crippen LogP contribution in [0.3, 0.4) is 0 Å². The second-order valence-corrected chi connectivity index (χ2v) is 5.10. The number of hydrogen-bond acceptors (Lipinski definition) is 4. The van der Waals surface area contributed by atoms with E-state index in [0.717, 1.165) is 24.2 Å². The third kappa shape index (κ3) is 3.32. The van der Waals surface area contributed by atoms with Crippen LogP contribution in [0, 0.1) is 0 Å². The maximum Gasteiger partial charge on any atom is 0.123 e. The van der Waals surface area contributed by atoms with Gasteiger partial charge in [-0.3, -0.25) is 0 Å². The van der Waals surface area contributed by atoms with Gasteiger partial charge in [-0.25, -0.2) is 9.97 Å². The number of hydrogen-bond donors (Lipinski definition) is 1. The first kappa shape index (κ1) is 13.5. The molecule has 2 aromatic heterocycles. The summed E-state index contributed by atoms with van der Waals surface area (Å²) in [6.07, 6.45) is 6.57. The molecule has 2 aromatic rings. The Kier molecular flexibility index (Phi) is 4.16. The van der Waals surface area contributed by atoms with Gasteiger partial charge in [0.05, 0.1) is 18.2 Å². The van der Waals surface area contributed by atoms with E-state index in [4.69, 9.17) is 5.73 Å². The summed E-state index contributed by atoms with van der Waals surface area (Å²) in [6, 6.07) is 4.24. The van der Waals surface area contributed by atoms with Crippen LogP contribution in [0.5, 0.6) is 0 Å². The Hall–Kier alpha value is -1.88. The summed E-state index contributed by atoms with van der Waals surface area (Å²) < 4.78 is 2.19. The van der Waals surface area contributed by atoms with Gasteiger partial charge in [-0.1, -0.05) is 0 Å². The van der Waals surface area contributed by atoms with Crippen molar-refractivity contribution in [3.63, 3.8) is 0 Å². The van der Waals surface area contributed by atoms with Crippen molar-refractivity contribution in [3.8, 4) is 11.3 Å². The fourth-order valence-corrected chi connectivity index (χ4v) is 2.07. The molecule has 2 rings (SSSR count). The predicted octanol–water partition coefficient (Wildman–Crippen LogP) is 2.04. The zero-order chi connectivity index (χ0) is 13.8. The number of rotatable bonds is 5. The summed E-state index contributed by atoms with van der Waals surface area (Å²) in [5.74, 6) is 0.534. The van der Waals surface area contributed by atoms with Crippen molar-refractivity contribution in [2.45, 2.75) is 19.4 Å². The van der Waals surface area contributed by atoms with Crippen molar-refractivity contribution < 1.29 is 0 Å². The third-order valence-corrected chi connectivity index (χ3v) is 3.21. The fourth-order valence-electron chi connectivity index (χ4n) is 2.07. The van der Waals surface area contributed by atoms with Gasteiger partial charge in [-0.15, -0.1) is 0 Å². The first-order chi connectivity index (χ1) is 9.08. The van der Waals surface area contributed by atoms with Crippen LogP contribution in [0.15, 0.2) is 30.9 Å². The van der Waals surface area contributed by atoms with Gasteiger partial charge in [0.25, 0.3) is 0 Å². The number of anilines is 1. The Morgan fingerprint density at radius 3 is 2.89 bits per heavy atom. The standard InChI is InChI=1S/C14H21N5/c1-11(5-7-18(2)3)19-10-16-9-13(19)12-4-6-17-14(15)8-12/h4,6,8-11H,5,7H2,1-3H3,(H2,15,17). The SMILES string of the molecule is CC(CCN(C)C)n1cncc1-c1ccnc(N)c1. The molecule has 0 bridgehead atoms. The largest absolute Gasteiger partial charge is 0.384 e. The van der Waals surface area contributed by atoms with Gasteiger partial charge in [0.2, 0.25) is 0 Å². The summed E-state index contributed by atoms with van der Waals surface area (Å²) in [5.41, 5.74) is 7.88. The molecule has 0 aliphatic carbocycles. The van der Waals surface area contributed by atoms with E-state index in [1.165, 1.54) is 0 Å². The first-order valence-corrected chi connectivity index (χ1v) is 6.46.